The van der Waals surface area contributed by atoms with Crippen molar-refractivity contribution in [3.8, 4) is 0 Å². The molecule has 1 aliphatic heterocycles. The van der Waals surface area contributed by atoms with Crippen molar-refractivity contribution >= 4 is 27.6 Å². The van der Waals surface area contributed by atoms with E-state index in [4.69, 9.17) is 9.97 Å². The first-order valence-corrected chi connectivity index (χ1v) is 12.8. The van der Waals surface area contributed by atoms with E-state index in [9.17, 15) is 0 Å². The highest BCUT2D eigenvalue weighted by Gasteiger charge is 2.24. The summed E-state index contributed by atoms with van der Waals surface area (Å²) in [6.45, 7) is 7.33. The van der Waals surface area contributed by atoms with E-state index in [0.717, 1.165) is 42.6 Å². The third-order valence-electron chi connectivity index (χ3n) is 7.78. The first-order valence-electron chi connectivity index (χ1n) is 12.8. The molecule has 6 rings (SSSR count). The summed E-state index contributed by atoms with van der Waals surface area (Å²) < 4.78 is 2.43. The number of fused-ring (bicyclic) bond motifs is 2. The Morgan fingerprint density at radius 2 is 1.63 bits per heavy atom. The van der Waals surface area contributed by atoms with E-state index >= 15 is 0 Å². The molecule has 2 aromatic carbocycles. The number of piperidine rings is 1. The topological polar surface area (TPSA) is 34.0 Å². The number of anilines is 1. The normalized spacial score (nSPS) is 14.7. The minimum atomic E-state index is 0.741. The lowest BCUT2D eigenvalue weighted by molar-refractivity contribution is 0.402. The summed E-state index contributed by atoms with van der Waals surface area (Å²) in [6.07, 6.45) is 5.57. The van der Waals surface area contributed by atoms with Crippen LogP contribution in [0.4, 0.5) is 5.82 Å². The summed E-state index contributed by atoms with van der Waals surface area (Å²) in [5.74, 6) is 1.86. The molecule has 4 nitrogen and oxygen atoms in total. The van der Waals surface area contributed by atoms with Gasteiger partial charge in [0.1, 0.15) is 0 Å². The fourth-order valence-corrected chi connectivity index (χ4v) is 5.66. The third kappa shape index (κ3) is 4.18. The molecule has 0 radical (unpaired) electrons. The van der Waals surface area contributed by atoms with Crippen molar-refractivity contribution in [3.63, 3.8) is 0 Å². The summed E-state index contributed by atoms with van der Waals surface area (Å²) >= 11 is 0. The molecule has 0 unspecified atom stereocenters. The minimum absolute atomic E-state index is 0.741. The molecule has 176 valence electrons. The fourth-order valence-electron chi connectivity index (χ4n) is 5.66. The van der Waals surface area contributed by atoms with Gasteiger partial charge in [0.25, 0.3) is 0 Å². The van der Waals surface area contributed by atoms with E-state index in [1.165, 1.54) is 52.4 Å². The van der Waals surface area contributed by atoms with Crippen molar-refractivity contribution < 1.29 is 0 Å². The Balaban J connectivity index is 1.30. The predicted molar refractivity (Wildman–Crippen MR) is 145 cm³/mol. The van der Waals surface area contributed by atoms with Crippen LogP contribution in [0, 0.1) is 19.8 Å². The van der Waals surface area contributed by atoms with Crippen molar-refractivity contribution in [2.75, 3.05) is 18.0 Å². The van der Waals surface area contributed by atoms with Crippen molar-refractivity contribution in [1.82, 2.24) is 14.5 Å². The van der Waals surface area contributed by atoms with Gasteiger partial charge in [-0.3, -0.25) is 4.98 Å². The van der Waals surface area contributed by atoms with Gasteiger partial charge in [-0.1, -0.05) is 54.6 Å². The third-order valence-corrected chi connectivity index (χ3v) is 7.78. The summed E-state index contributed by atoms with van der Waals surface area (Å²) in [4.78, 5) is 12.4. The van der Waals surface area contributed by atoms with Crippen LogP contribution in [-0.2, 0) is 13.0 Å². The number of aromatic nitrogens is 3. The zero-order chi connectivity index (χ0) is 23.8. The summed E-state index contributed by atoms with van der Waals surface area (Å²) in [7, 11) is 0. The van der Waals surface area contributed by atoms with Gasteiger partial charge in [0, 0.05) is 35.8 Å². The Hall–Kier alpha value is -3.66. The molecule has 5 aromatic rings. The molecule has 0 bridgehead atoms. The van der Waals surface area contributed by atoms with Gasteiger partial charge in [0.05, 0.1) is 23.3 Å². The zero-order valence-electron chi connectivity index (χ0n) is 20.6. The minimum Gasteiger partial charge on any atom is -0.355 e. The monoisotopic (exact) mass is 460 g/mol. The first-order chi connectivity index (χ1) is 17.2. The van der Waals surface area contributed by atoms with Gasteiger partial charge in [-0.05, 0) is 68.4 Å². The van der Waals surface area contributed by atoms with Crippen molar-refractivity contribution in [2.24, 2.45) is 5.92 Å². The molecule has 3 aromatic heterocycles. The van der Waals surface area contributed by atoms with Crippen molar-refractivity contribution in [3.05, 3.63) is 102 Å². The molecular formula is C31H32N4. The average molecular weight is 461 g/mol. The molecule has 4 heterocycles. The molecule has 0 atom stereocenters. The number of benzene rings is 2. The Bertz CT molecular complexity index is 1480. The van der Waals surface area contributed by atoms with Gasteiger partial charge in [-0.25, -0.2) is 4.98 Å². The molecular weight excluding hydrogens is 428 g/mol. The Labute approximate surface area is 207 Å². The molecule has 0 amide bonds. The van der Waals surface area contributed by atoms with E-state index < -0.39 is 0 Å². The summed E-state index contributed by atoms with van der Waals surface area (Å²) in [5, 5.41) is 2.49. The van der Waals surface area contributed by atoms with Crippen LogP contribution >= 0.6 is 0 Å². The van der Waals surface area contributed by atoms with Crippen LogP contribution in [0.3, 0.4) is 0 Å². The highest BCUT2D eigenvalue weighted by atomic mass is 15.2. The first kappa shape index (κ1) is 21.8. The molecule has 1 saturated heterocycles. The van der Waals surface area contributed by atoms with Crippen LogP contribution in [0.5, 0.6) is 0 Å². The molecule has 0 N–H and O–H groups in total. The zero-order valence-corrected chi connectivity index (χ0v) is 20.6. The van der Waals surface area contributed by atoms with Crippen LogP contribution in [-0.4, -0.2) is 27.6 Å². The van der Waals surface area contributed by atoms with Gasteiger partial charge in [0.2, 0.25) is 0 Å². The SMILES string of the molecule is Cc1c(C)n(Cc2ccc3ccccc3n2)c2c(N3CCC(Cc4ccccc4)CC3)nccc12. The van der Waals surface area contributed by atoms with Crippen LogP contribution in [0.15, 0.2) is 79.0 Å². The second-order valence-corrected chi connectivity index (χ2v) is 9.94. The molecule has 4 heteroatoms. The van der Waals surface area contributed by atoms with E-state index in [1.54, 1.807) is 0 Å². The largest absolute Gasteiger partial charge is 0.355 e. The van der Waals surface area contributed by atoms with E-state index in [-0.39, 0.29) is 0 Å². The van der Waals surface area contributed by atoms with Crippen molar-refractivity contribution in [2.45, 2.75) is 39.7 Å². The molecule has 0 aliphatic carbocycles. The van der Waals surface area contributed by atoms with Gasteiger partial charge < -0.3 is 9.47 Å². The number of rotatable bonds is 5. The quantitative estimate of drug-likeness (QED) is 0.292. The maximum atomic E-state index is 4.96. The number of hydrogen-bond acceptors (Lipinski definition) is 3. The lowest BCUT2D eigenvalue weighted by atomic mass is 9.90. The van der Waals surface area contributed by atoms with Crippen molar-refractivity contribution in [1.29, 1.82) is 0 Å². The number of nitrogens with zero attached hydrogens (tertiary/aromatic N) is 4. The van der Waals surface area contributed by atoms with E-state index in [0.29, 0.717) is 0 Å². The molecule has 1 fully saturated rings. The van der Waals surface area contributed by atoms with Crippen LogP contribution < -0.4 is 4.90 Å². The number of pyridine rings is 2. The average Bonchev–Trinajstić information content (AvgIpc) is 3.14. The van der Waals surface area contributed by atoms with Gasteiger partial charge in [-0.2, -0.15) is 0 Å². The smallest absolute Gasteiger partial charge is 0.153 e. The predicted octanol–water partition coefficient (Wildman–Crippen LogP) is 6.71. The number of hydrogen-bond donors (Lipinski definition) is 0. The van der Waals surface area contributed by atoms with E-state index in [2.05, 4.69) is 96.1 Å². The van der Waals surface area contributed by atoms with Gasteiger partial charge in [0.15, 0.2) is 5.82 Å². The molecule has 1 aliphatic rings. The highest BCUT2D eigenvalue weighted by Crippen LogP contribution is 2.34. The van der Waals surface area contributed by atoms with Gasteiger partial charge >= 0.3 is 0 Å². The summed E-state index contributed by atoms with van der Waals surface area (Å²) in [6, 6.07) is 25.8. The van der Waals surface area contributed by atoms with E-state index in [1.807, 2.05) is 6.20 Å². The fraction of sp³-hybridized carbons (Fsp3) is 0.290. The van der Waals surface area contributed by atoms with Crippen LogP contribution in [0.1, 0.15) is 35.4 Å². The van der Waals surface area contributed by atoms with Crippen LogP contribution in [0.2, 0.25) is 0 Å². The summed E-state index contributed by atoms with van der Waals surface area (Å²) in [5.41, 5.74) is 7.47. The molecule has 35 heavy (non-hydrogen) atoms. The lowest BCUT2D eigenvalue weighted by Gasteiger charge is -2.33. The second kappa shape index (κ2) is 9.18. The van der Waals surface area contributed by atoms with Gasteiger partial charge in [-0.15, -0.1) is 0 Å². The Kier molecular flexibility index (Phi) is 5.73. The Morgan fingerprint density at radius 3 is 2.46 bits per heavy atom. The number of para-hydroxylation sites is 1. The number of aryl methyl sites for hydroxylation is 1. The highest BCUT2D eigenvalue weighted by molar-refractivity contribution is 5.93. The second-order valence-electron chi connectivity index (χ2n) is 9.94. The lowest BCUT2D eigenvalue weighted by Crippen LogP contribution is -2.35. The molecule has 0 saturated carbocycles. The molecule has 0 spiro atoms. The standard InChI is InChI=1S/C31H32N4/c1-22-23(2)35(21-27-13-12-26-10-6-7-11-29(26)33-27)30-28(22)14-17-32-31(30)34-18-15-25(16-19-34)20-24-8-4-3-5-9-24/h3-14,17,25H,15-16,18-21H2,1-2H3. The maximum absolute atomic E-state index is 4.96. The maximum Gasteiger partial charge on any atom is 0.153 e. The van der Waals surface area contributed by atoms with Crippen LogP contribution in [0.25, 0.3) is 21.8 Å². The Morgan fingerprint density at radius 1 is 0.857 bits per heavy atom.